The normalized spacial score (nSPS) is 12.7. The van der Waals surface area contributed by atoms with Gasteiger partial charge in [0, 0.05) is 37.2 Å². The molecular weight excluding hydrogens is 453 g/mol. The van der Waals surface area contributed by atoms with E-state index in [4.69, 9.17) is 4.74 Å². The molecule has 0 bridgehead atoms. The first-order valence-electron chi connectivity index (χ1n) is 10.7. The van der Waals surface area contributed by atoms with Crippen LogP contribution in [0.15, 0.2) is 42.9 Å². The number of hydrogen-bond donors (Lipinski definition) is 2. The SMILES string of the molecule is CC(C)(C)OC(=O)NCCCN(CC(O)c1cccnc1)C(=O)Cc1ccc(C(F)(F)F)nc1. The van der Waals surface area contributed by atoms with Crippen molar-refractivity contribution in [2.24, 2.45) is 0 Å². The summed E-state index contributed by atoms with van der Waals surface area (Å²) in [6.45, 7) is 5.59. The summed E-state index contributed by atoms with van der Waals surface area (Å²) in [4.78, 5) is 33.4. The van der Waals surface area contributed by atoms with Crippen LogP contribution >= 0.6 is 0 Å². The number of ether oxygens (including phenoxy) is 1. The number of aliphatic hydroxyl groups excluding tert-OH is 1. The predicted molar refractivity (Wildman–Crippen MR) is 118 cm³/mol. The molecule has 11 heteroatoms. The van der Waals surface area contributed by atoms with Crippen LogP contribution in [0.2, 0.25) is 0 Å². The van der Waals surface area contributed by atoms with E-state index in [1.165, 1.54) is 17.2 Å². The van der Waals surface area contributed by atoms with Crippen molar-refractivity contribution >= 4 is 12.0 Å². The summed E-state index contributed by atoms with van der Waals surface area (Å²) in [5.41, 5.74) is -0.856. The van der Waals surface area contributed by atoms with Crippen molar-refractivity contribution in [3.05, 3.63) is 59.7 Å². The van der Waals surface area contributed by atoms with Gasteiger partial charge in [-0.05, 0) is 44.9 Å². The first kappa shape index (κ1) is 27.0. The Bertz CT molecular complexity index is 932. The van der Waals surface area contributed by atoms with E-state index >= 15 is 0 Å². The van der Waals surface area contributed by atoms with E-state index < -0.39 is 35.6 Å². The molecule has 2 heterocycles. The number of aromatic nitrogens is 2. The monoisotopic (exact) mass is 482 g/mol. The third-order valence-electron chi connectivity index (χ3n) is 4.56. The van der Waals surface area contributed by atoms with Crippen molar-refractivity contribution in [1.82, 2.24) is 20.2 Å². The van der Waals surface area contributed by atoms with E-state index in [-0.39, 0.29) is 26.1 Å². The molecule has 2 aromatic rings. The molecule has 0 saturated heterocycles. The number of pyridine rings is 2. The van der Waals surface area contributed by atoms with E-state index in [0.29, 0.717) is 17.5 Å². The van der Waals surface area contributed by atoms with Crippen LogP contribution in [0.25, 0.3) is 0 Å². The number of aliphatic hydroxyl groups is 1. The zero-order chi connectivity index (χ0) is 25.4. The molecule has 0 aliphatic rings. The van der Waals surface area contributed by atoms with Gasteiger partial charge >= 0.3 is 12.3 Å². The summed E-state index contributed by atoms with van der Waals surface area (Å²) in [6, 6.07) is 5.35. The minimum Gasteiger partial charge on any atom is -0.444 e. The number of alkyl halides is 3. The van der Waals surface area contributed by atoms with Crippen molar-refractivity contribution in [2.75, 3.05) is 19.6 Å². The standard InChI is InChI=1S/C23H29F3N4O4/c1-22(2,3)34-21(33)28-10-5-11-30(15-18(31)17-6-4-9-27-14-17)20(32)12-16-7-8-19(29-13-16)23(24,25)26/h4,6-9,13-14,18,31H,5,10-12,15H2,1-3H3,(H,28,33). The largest absolute Gasteiger partial charge is 0.444 e. The fourth-order valence-electron chi connectivity index (χ4n) is 2.96. The molecule has 0 fully saturated rings. The van der Waals surface area contributed by atoms with Crippen LogP contribution in [0.4, 0.5) is 18.0 Å². The number of amides is 2. The van der Waals surface area contributed by atoms with Gasteiger partial charge in [0.25, 0.3) is 0 Å². The second-order valence-corrected chi connectivity index (χ2v) is 8.65. The van der Waals surface area contributed by atoms with Crippen LogP contribution in [0, 0.1) is 0 Å². The molecular formula is C23H29F3N4O4. The average Bonchev–Trinajstić information content (AvgIpc) is 2.74. The van der Waals surface area contributed by atoms with E-state index in [1.807, 2.05) is 0 Å². The lowest BCUT2D eigenvalue weighted by Crippen LogP contribution is -2.39. The summed E-state index contributed by atoms with van der Waals surface area (Å²) in [5, 5.41) is 13.1. The predicted octanol–water partition coefficient (Wildman–Crippen LogP) is 3.51. The average molecular weight is 483 g/mol. The first-order valence-corrected chi connectivity index (χ1v) is 10.7. The first-order chi connectivity index (χ1) is 15.8. The molecule has 0 saturated carbocycles. The highest BCUT2D eigenvalue weighted by Gasteiger charge is 2.32. The molecule has 0 aliphatic heterocycles. The molecule has 34 heavy (non-hydrogen) atoms. The van der Waals surface area contributed by atoms with E-state index in [2.05, 4.69) is 15.3 Å². The van der Waals surface area contributed by atoms with Gasteiger partial charge in [0.1, 0.15) is 11.3 Å². The number of carbonyl (C=O) groups excluding carboxylic acids is 2. The maximum absolute atomic E-state index is 12.9. The summed E-state index contributed by atoms with van der Waals surface area (Å²) < 4.78 is 43.3. The number of nitrogens with zero attached hydrogens (tertiary/aromatic N) is 3. The summed E-state index contributed by atoms with van der Waals surface area (Å²) in [5.74, 6) is -0.401. The van der Waals surface area contributed by atoms with Gasteiger partial charge in [-0.2, -0.15) is 13.2 Å². The van der Waals surface area contributed by atoms with Gasteiger partial charge in [-0.1, -0.05) is 12.1 Å². The Labute approximate surface area is 196 Å². The fourth-order valence-corrected chi connectivity index (χ4v) is 2.96. The molecule has 2 amide bonds. The molecule has 0 radical (unpaired) electrons. The summed E-state index contributed by atoms with van der Waals surface area (Å²) in [6.07, 6.45) is -1.93. The highest BCUT2D eigenvalue weighted by molar-refractivity contribution is 5.78. The second kappa shape index (κ2) is 11.8. The van der Waals surface area contributed by atoms with Crippen molar-refractivity contribution < 1.29 is 32.6 Å². The lowest BCUT2D eigenvalue weighted by molar-refractivity contribution is -0.141. The third-order valence-corrected chi connectivity index (χ3v) is 4.56. The maximum Gasteiger partial charge on any atom is 0.433 e. The van der Waals surface area contributed by atoms with E-state index in [1.54, 1.807) is 39.1 Å². The Balaban J connectivity index is 2.02. The van der Waals surface area contributed by atoms with Gasteiger partial charge < -0.3 is 20.1 Å². The lowest BCUT2D eigenvalue weighted by Gasteiger charge is -2.26. The molecule has 0 spiro atoms. The third kappa shape index (κ3) is 9.34. The van der Waals surface area contributed by atoms with Crippen LogP contribution in [0.1, 0.15) is 50.1 Å². The quantitative estimate of drug-likeness (QED) is 0.530. The Kier molecular flexibility index (Phi) is 9.36. The van der Waals surface area contributed by atoms with Crippen molar-refractivity contribution in [1.29, 1.82) is 0 Å². The van der Waals surface area contributed by atoms with Gasteiger partial charge in [-0.15, -0.1) is 0 Å². The van der Waals surface area contributed by atoms with Crippen molar-refractivity contribution in [3.63, 3.8) is 0 Å². The minimum absolute atomic E-state index is 0.0506. The van der Waals surface area contributed by atoms with Gasteiger partial charge in [-0.3, -0.25) is 14.8 Å². The molecule has 8 nitrogen and oxygen atoms in total. The van der Waals surface area contributed by atoms with Crippen LogP contribution in [0.3, 0.4) is 0 Å². The molecule has 1 unspecified atom stereocenters. The molecule has 2 aromatic heterocycles. The summed E-state index contributed by atoms with van der Waals surface area (Å²) in [7, 11) is 0. The zero-order valence-corrected chi connectivity index (χ0v) is 19.3. The number of alkyl carbamates (subject to hydrolysis) is 1. The Morgan fingerprint density at radius 3 is 2.47 bits per heavy atom. The number of halogens is 3. The van der Waals surface area contributed by atoms with Crippen LogP contribution in [-0.4, -0.2) is 57.2 Å². The molecule has 1 atom stereocenters. The number of nitrogens with one attached hydrogen (secondary N) is 1. The molecule has 186 valence electrons. The van der Waals surface area contributed by atoms with E-state index in [9.17, 15) is 27.9 Å². The molecule has 0 aromatic carbocycles. The smallest absolute Gasteiger partial charge is 0.433 e. The topological polar surface area (TPSA) is 105 Å². The number of carbonyl (C=O) groups is 2. The van der Waals surface area contributed by atoms with Crippen LogP contribution in [0.5, 0.6) is 0 Å². The molecule has 2 N–H and O–H groups in total. The summed E-state index contributed by atoms with van der Waals surface area (Å²) >= 11 is 0. The lowest BCUT2D eigenvalue weighted by atomic mass is 10.1. The van der Waals surface area contributed by atoms with Gasteiger partial charge in [0.05, 0.1) is 19.1 Å². The van der Waals surface area contributed by atoms with E-state index in [0.717, 1.165) is 12.3 Å². The van der Waals surface area contributed by atoms with Gasteiger partial charge in [0.2, 0.25) is 5.91 Å². The number of rotatable bonds is 9. The highest BCUT2D eigenvalue weighted by atomic mass is 19.4. The second-order valence-electron chi connectivity index (χ2n) is 8.65. The number of hydrogen-bond acceptors (Lipinski definition) is 6. The maximum atomic E-state index is 12.9. The van der Waals surface area contributed by atoms with Crippen molar-refractivity contribution in [3.8, 4) is 0 Å². The fraction of sp³-hybridized carbons (Fsp3) is 0.478. The van der Waals surface area contributed by atoms with Crippen molar-refractivity contribution in [2.45, 2.75) is 51.5 Å². The van der Waals surface area contributed by atoms with Gasteiger partial charge in [0.15, 0.2) is 0 Å². The van der Waals surface area contributed by atoms with Gasteiger partial charge in [-0.25, -0.2) is 4.79 Å². The zero-order valence-electron chi connectivity index (χ0n) is 19.3. The minimum atomic E-state index is -4.57. The Morgan fingerprint density at radius 1 is 1.18 bits per heavy atom. The van der Waals surface area contributed by atoms with Crippen LogP contribution < -0.4 is 5.32 Å². The van der Waals surface area contributed by atoms with Crippen LogP contribution in [-0.2, 0) is 22.1 Å². The Hall–Kier alpha value is -3.21. The highest BCUT2D eigenvalue weighted by Crippen LogP contribution is 2.27. The Morgan fingerprint density at radius 2 is 1.91 bits per heavy atom. The molecule has 0 aliphatic carbocycles. The molecule has 2 rings (SSSR count).